The molecule has 51 heavy (non-hydrogen) atoms. The van der Waals surface area contributed by atoms with E-state index in [1.165, 1.54) is 5.69 Å². The van der Waals surface area contributed by atoms with E-state index >= 15 is 0 Å². The van der Waals surface area contributed by atoms with Crippen LogP contribution in [0.4, 0.5) is 22.0 Å². The van der Waals surface area contributed by atoms with Gasteiger partial charge in [0, 0.05) is 68.7 Å². The predicted molar refractivity (Wildman–Crippen MR) is 195 cm³/mol. The number of aromatic nitrogens is 3. The SMILES string of the molecule is COCOc1ccccc1-c1cc(N2CC3CCC(C2)N3c2ccnc(C#C[C@H]3C[C@H](OC4CCN(C(=O)OC(C)(C)C)CC4)C3)c2)c(N)nn1. The number of hydrogen-bond acceptors (Lipinski definition) is 11. The molecule has 3 aliphatic heterocycles. The van der Waals surface area contributed by atoms with Crippen molar-refractivity contribution in [3.63, 3.8) is 0 Å². The molecule has 2 bridgehead atoms. The summed E-state index contributed by atoms with van der Waals surface area (Å²) in [6, 6.07) is 14.7. The van der Waals surface area contributed by atoms with E-state index in [1.54, 1.807) is 12.0 Å². The van der Waals surface area contributed by atoms with Gasteiger partial charge in [-0.2, -0.15) is 0 Å². The summed E-state index contributed by atoms with van der Waals surface area (Å²) >= 11 is 0. The van der Waals surface area contributed by atoms with Crippen molar-refractivity contribution in [3.8, 4) is 28.8 Å². The molecule has 2 atom stereocenters. The Balaban J connectivity index is 0.932. The third kappa shape index (κ3) is 8.16. The first-order valence-electron chi connectivity index (χ1n) is 18.1. The van der Waals surface area contributed by atoms with Gasteiger partial charge < -0.3 is 39.4 Å². The second kappa shape index (κ2) is 14.9. The summed E-state index contributed by atoms with van der Waals surface area (Å²) in [7, 11) is 1.60. The molecule has 3 saturated heterocycles. The van der Waals surface area contributed by atoms with Gasteiger partial charge >= 0.3 is 6.09 Å². The van der Waals surface area contributed by atoms with Crippen molar-refractivity contribution in [2.75, 3.05) is 55.6 Å². The lowest BCUT2D eigenvalue weighted by Crippen LogP contribution is -2.54. The summed E-state index contributed by atoms with van der Waals surface area (Å²) in [5, 5.41) is 8.76. The van der Waals surface area contributed by atoms with Crippen LogP contribution in [0.15, 0.2) is 48.7 Å². The maximum absolute atomic E-state index is 12.4. The van der Waals surface area contributed by atoms with E-state index in [0.29, 0.717) is 48.4 Å². The van der Waals surface area contributed by atoms with Crippen molar-refractivity contribution in [2.24, 2.45) is 5.92 Å². The average Bonchev–Trinajstić information content (AvgIpc) is 3.37. The van der Waals surface area contributed by atoms with Crippen LogP contribution in [0.2, 0.25) is 0 Å². The van der Waals surface area contributed by atoms with Crippen LogP contribution in [0, 0.1) is 17.8 Å². The number of nitrogens with zero attached hydrogens (tertiary/aromatic N) is 6. The number of nitrogen functional groups attached to an aromatic ring is 1. The lowest BCUT2D eigenvalue weighted by molar-refractivity contribution is -0.0848. The number of piperidine rings is 1. The molecule has 2 unspecified atom stereocenters. The van der Waals surface area contributed by atoms with Crippen LogP contribution in [0.1, 0.15) is 65.0 Å². The van der Waals surface area contributed by atoms with E-state index in [9.17, 15) is 4.79 Å². The average molecular weight is 696 g/mol. The number of methoxy groups -OCH3 is 1. The number of carbonyl (C=O) groups is 1. The molecule has 7 rings (SSSR count). The van der Waals surface area contributed by atoms with Crippen molar-refractivity contribution in [1.82, 2.24) is 20.1 Å². The van der Waals surface area contributed by atoms with Crippen molar-refractivity contribution in [3.05, 3.63) is 54.4 Å². The number of anilines is 3. The maximum atomic E-state index is 12.4. The van der Waals surface area contributed by atoms with Crippen LogP contribution in [-0.2, 0) is 14.2 Å². The molecular formula is C39H49N7O5. The van der Waals surface area contributed by atoms with E-state index in [0.717, 1.165) is 68.6 Å². The molecule has 4 fully saturated rings. The lowest BCUT2D eigenvalue weighted by Gasteiger charge is -2.43. The zero-order valence-electron chi connectivity index (χ0n) is 30.1. The van der Waals surface area contributed by atoms with Gasteiger partial charge in [0.05, 0.1) is 23.6 Å². The minimum Gasteiger partial charge on any atom is -0.467 e. The monoisotopic (exact) mass is 695 g/mol. The van der Waals surface area contributed by atoms with Gasteiger partial charge in [0.2, 0.25) is 0 Å². The summed E-state index contributed by atoms with van der Waals surface area (Å²) in [5.74, 6) is 8.23. The number of ether oxygens (including phenoxy) is 4. The fourth-order valence-corrected chi connectivity index (χ4v) is 7.62. The van der Waals surface area contributed by atoms with E-state index in [1.807, 2.05) is 57.3 Å². The molecule has 4 aliphatic rings. The molecule has 2 N–H and O–H groups in total. The highest BCUT2D eigenvalue weighted by Gasteiger charge is 2.41. The second-order valence-electron chi connectivity index (χ2n) is 15.0. The molecule has 270 valence electrons. The number of pyridine rings is 1. The normalized spacial score (nSPS) is 23.3. The number of piperazine rings is 1. The Bertz CT molecular complexity index is 1740. The van der Waals surface area contributed by atoms with Crippen molar-refractivity contribution < 1.29 is 23.7 Å². The van der Waals surface area contributed by atoms with Crippen molar-refractivity contribution in [2.45, 2.75) is 89.2 Å². The molecule has 1 amide bonds. The Morgan fingerprint density at radius 3 is 2.45 bits per heavy atom. The van der Waals surface area contributed by atoms with Gasteiger partial charge in [0.25, 0.3) is 0 Å². The molecule has 12 nitrogen and oxygen atoms in total. The van der Waals surface area contributed by atoms with E-state index in [-0.39, 0.29) is 25.1 Å². The molecule has 5 heterocycles. The summed E-state index contributed by atoms with van der Waals surface area (Å²) in [4.78, 5) is 23.7. The molecule has 1 aromatic carbocycles. The molecule has 0 radical (unpaired) electrons. The Morgan fingerprint density at radius 1 is 0.980 bits per heavy atom. The highest BCUT2D eigenvalue weighted by Crippen LogP contribution is 2.39. The smallest absolute Gasteiger partial charge is 0.410 e. The second-order valence-corrected chi connectivity index (χ2v) is 15.0. The number of carbonyl (C=O) groups excluding carboxylic acids is 1. The molecule has 0 spiro atoms. The minimum atomic E-state index is -0.478. The molecule has 1 saturated carbocycles. The quantitative estimate of drug-likeness (QED) is 0.237. The van der Waals surface area contributed by atoms with Crippen LogP contribution in [0.5, 0.6) is 5.75 Å². The number of likely N-dealkylation sites (tertiary alicyclic amines) is 1. The molecule has 3 aromatic rings. The molecule has 1 aliphatic carbocycles. The fourth-order valence-electron chi connectivity index (χ4n) is 7.62. The van der Waals surface area contributed by atoms with Crippen molar-refractivity contribution >= 4 is 23.3 Å². The Kier molecular flexibility index (Phi) is 10.2. The van der Waals surface area contributed by atoms with Gasteiger partial charge in [0.15, 0.2) is 12.6 Å². The number of fused-ring (bicyclic) bond motifs is 2. The Hall–Kier alpha value is -4.60. The molecule has 12 heteroatoms. The van der Waals surface area contributed by atoms with Crippen molar-refractivity contribution in [1.29, 1.82) is 0 Å². The third-order valence-electron chi connectivity index (χ3n) is 10.1. The van der Waals surface area contributed by atoms with Gasteiger partial charge in [-0.05, 0) is 95.5 Å². The summed E-state index contributed by atoms with van der Waals surface area (Å²) in [6.45, 7) is 8.85. The first-order valence-corrected chi connectivity index (χ1v) is 18.1. The van der Waals surface area contributed by atoms with Crippen LogP contribution in [0.3, 0.4) is 0 Å². The van der Waals surface area contributed by atoms with E-state index < -0.39 is 5.60 Å². The van der Waals surface area contributed by atoms with Crippen LogP contribution < -0.4 is 20.3 Å². The molecule has 2 aromatic heterocycles. The van der Waals surface area contributed by atoms with Gasteiger partial charge in [-0.15, -0.1) is 10.2 Å². The zero-order valence-corrected chi connectivity index (χ0v) is 30.1. The number of nitrogens with two attached hydrogens (primary N) is 1. The topological polar surface area (TPSA) is 128 Å². The Labute approximate surface area is 300 Å². The van der Waals surface area contributed by atoms with E-state index in [2.05, 4.69) is 49.0 Å². The first kappa shape index (κ1) is 34.8. The number of amides is 1. The minimum absolute atomic E-state index is 0.149. The number of hydrogen-bond donors (Lipinski definition) is 1. The van der Waals surface area contributed by atoms with Gasteiger partial charge in [-0.25, -0.2) is 9.78 Å². The van der Waals surface area contributed by atoms with Crippen LogP contribution in [-0.4, -0.2) is 96.1 Å². The van der Waals surface area contributed by atoms with Gasteiger partial charge in [-0.3, -0.25) is 0 Å². The van der Waals surface area contributed by atoms with Crippen LogP contribution in [0.25, 0.3) is 11.3 Å². The maximum Gasteiger partial charge on any atom is 0.410 e. The fraction of sp³-hybridized carbons (Fsp3) is 0.538. The number of rotatable bonds is 8. The largest absolute Gasteiger partial charge is 0.467 e. The summed E-state index contributed by atoms with van der Waals surface area (Å²) < 4.78 is 22.8. The zero-order chi connectivity index (χ0) is 35.5. The highest BCUT2D eigenvalue weighted by atomic mass is 16.7. The van der Waals surface area contributed by atoms with E-state index in [4.69, 9.17) is 24.7 Å². The van der Waals surface area contributed by atoms with Gasteiger partial charge in [0.1, 0.15) is 17.0 Å². The summed E-state index contributed by atoms with van der Waals surface area (Å²) in [6.07, 6.45) is 7.81. The molecular weight excluding hydrogens is 646 g/mol. The highest BCUT2D eigenvalue weighted by molar-refractivity contribution is 5.75. The van der Waals surface area contributed by atoms with Gasteiger partial charge in [-0.1, -0.05) is 18.1 Å². The first-order chi connectivity index (χ1) is 24.6. The van der Waals surface area contributed by atoms with Crippen LogP contribution >= 0.6 is 0 Å². The summed E-state index contributed by atoms with van der Waals surface area (Å²) in [5.41, 5.74) is 10.4. The third-order valence-corrected chi connectivity index (χ3v) is 10.1. The standard InChI is InChI=1S/C39H49N7O5/c1-39(2,3)51-38(47)44-17-14-31(15-18-44)50-32-19-26(20-32)9-10-27-21-28(13-16-41-27)46-29-11-12-30(46)24-45(23-29)35-22-34(42-43-37(35)40)33-7-5-6-8-36(33)49-25-48-4/h5-8,13,16,21-22,26,29-32H,11-12,14-15,17-20,23-25H2,1-4H3,(H2,40,43)/t26-,29?,30?,32-. The Morgan fingerprint density at radius 2 is 1.73 bits per heavy atom. The predicted octanol–water partition coefficient (Wildman–Crippen LogP) is 5.51. The lowest BCUT2D eigenvalue weighted by atomic mass is 9.82. The number of para-hydroxylation sites is 1. The number of benzene rings is 1.